The number of anilines is 1. The van der Waals surface area contributed by atoms with Gasteiger partial charge in [-0.15, -0.1) is 0 Å². The molecule has 3 heterocycles. The van der Waals surface area contributed by atoms with Crippen molar-refractivity contribution in [2.45, 2.75) is 6.54 Å². The van der Waals surface area contributed by atoms with Crippen LogP contribution in [0.4, 0.5) is 10.3 Å². The minimum absolute atomic E-state index is 0.261. The molecule has 0 aliphatic carbocycles. The molecule has 124 valence electrons. The molecule has 4 rings (SSSR count). The first-order chi connectivity index (χ1) is 11.7. The molecule has 3 aromatic rings. The topological polar surface area (TPSA) is 37.2 Å². The Bertz CT molecular complexity index is 837. The predicted octanol–water partition coefficient (Wildman–Crippen LogP) is 2.43. The number of nitrogens with zero attached hydrogens (tertiary/aromatic N) is 5. The highest BCUT2D eigenvalue weighted by Gasteiger charge is 2.22. The van der Waals surface area contributed by atoms with E-state index in [1.54, 1.807) is 6.07 Å². The van der Waals surface area contributed by atoms with Crippen molar-refractivity contribution in [1.29, 1.82) is 0 Å². The number of hydrogen-bond acceptors (Lipinski definition) is 4. The molecule has 0 radical (unpaired) electrons. The monoisotopic (exact) mass is 325 g/mol. The van der Waals surface area contributed by atoms with E-state index < -0.39 is 0 Å². The molecule has 1 saturated heterocycles. The van der Waals surface area contributed by atoms with Crippen LogP contribution < -0.4 is 4.90 Å². The molecule has 5 nitrogen and oxygen atoms in total. The fraction of sp³-hybridized carbons (Fsp3) is 0.333. The quantitative estimate of drug-likeness (QED) is 0.741. The van der Waals surface area contributed by atoms with Gasteiger partial charge in [0.05, 0.1) is 11.2 Å². The fourth-order valence-corrected chi connectivity index (χ4v) is 3.28. The Labute approximate surface area is 140 Å². The van der Waals surface area contributed by atoms with Crippen molar-refractivity contribution >= 4 is 17.0 Å². The maximum absolute atomic E-state index is 13.9. The van der Waals surface area contributed by atoms with Crippen LogP contribution in [-0.4, -0.2) is 45.6 Å². The number of hydrogen-bond donors (Lipinski definition) is 0. The van der Waals surface area contributed by atoms with Gasteiger partial charge in [-0.3, -0.25) is 9.88 Å². The van der Waals surface area contributed by atoms with Crippen molar-refractivity contribution in [2.24, 2.45) is 7.05 Å². The number of rotatable bonds is 3. The highest BCUT2D eigenvalue weighted by atomic mass is 19.1. The Morgan fingerprint density at radius 1 is 1.04 bits per heavy atom. The third kappa shape index (κ3) is 2.73. The molecular weight excluding hydrogens is 305 g/mol. The third-order valence-corrected chi connectivity index (χ3v) is 4.61. The van der Waals surface area contributed by atoms with Crippen LogP contribution in [0.3, 0.4) is 0 Å². The number of fused-ring (bicyclic) bond motifs is 1. The first kappa shape index (κ1) is 15.1. The van der Waals surface area contributed by atoms with Crippen LogP contribution in [0.5, 0.6) is 0 Å². The Morgan fingerprint density at radius 3 is 2.58 bits per heavy atom. The Morgan fingerprint density at radius 2 is 1.88 bits per heavy atom. The fourth-order valence-electron chi connectivity index (χ4n) is 3.28. The average molecular weight is 325 g/mol. The Hall–Kier alpha value is -2.47. The Kier molecular flexibility index (Phi) is 3.90. The number of halogens is 1. The highest BCUT2D eigenvalue weighted by Crippen LogP contribution is 2.24. The van der Waals surface area contributed by atoms with Crippen LogP contribution in [0.15, 0.2) is 42.6 Å². The molecule has 6 heteroatoms. The van der Waals surface area contributed by atoms with Gasteiger partial charge in [-0.05, 0) is 24.3 Å². The van der Waals surface area contributed by atoms with Crippen LogP contribution >= 0.6 is 0 Å². The zero-order chi connectivity index (χ0) is 16.5. The lowest BCUT2D eigenvalue weighted by Crippen LogP contribution is -2.46. The number of benzene rings is 1. The summed E-state index contributed by atoms with van der Waals surface area (Å²) < 4.78 is 15.9. The van der Waals surface area contributed by atoms with Crippen LogP contribution in [0.2, 0.25) is 0 Å². The number of piperazine rings is 1. The summed E-state index contributed by atoms with van der Waals surface area (Å²) in [6, 6.07) is 11.1. The lowest BCUT2D eigenvalue weighted by Gasteiger charge is -2.35. The molecule has 1 fully saturated rings. The number of aryl methyl sites for hydroxylation is 1. The zero-order valence-electron chi connectivity index (χ0n) is 13.7. The molecule has 0 saturated carbocycles. The molecule has 2 aromatic heterocycles. The first-order valence-corrected chi connectivity index (χ1v) is 8.20. The van der Waals surface area contributed by atoms with E-state index in [4.69, 9.17) is 0 Å². The summed E-state index contributed by atoms with van der Waals surface area (Å²) in [6.07, 6.45) is 1.83. The molecule has 0 spiro atoms. The summed E-state index contributed by atoms with van der Waals surface area (Å²) in [5, 5.41) is 0. The summed E-state index contributed by atoms with van der Waals surface area (Å²) in [5.41, 5.74) is 2.38. The van der Waals surface area contributed by atoms with E-state index in [9.17, 15) is 4.39 Å². The van der Waals surface area contributed by atoms with Gasteiger partial charge in [0.2, 0.25) is 5.95 Å². The van der Waals surface area contributed by atoms with Crippen molar-refractivity contribution in [1.82, 2.24) is 19.4 Å². The first-order valence-electron chi connectivity index (χ1n) is 8.20. The van der Waals surface area contributed by atoms with E-state index in [0.717, 1.165) is 49.9 Å². The summed E-state index contributed by atoms with van der Waals surface area (Å²) in [6.45, 7) is 4.52. The minimum atomic E-state index is -0.261. The number of aromatic nitrogens is 3. The summed E-state index contributed by atoms with van der Waals surface area (Å²) >= 11 is 0. The van der Waals surface area contributed by atoms with Gasteiger partial charge in [-0.25, -0.2) is 9.37 Å². The molecular formula is C18H20FN5. The molecule has 24 heavy (non-hydrogen) atoms. The Balaban J connectivity index is 1.48. The van der Waals surface area contributed by atoms with Gasteiger partial charge in [0.1, 0.15) is 5.52 Å². The second-order valence-corrected chi connectivity index (χ2v) is 6.16. The van der Waals surface area contributed by atoms with Crippen LogP contribution in [-0.2, 0) is 13.6 Å². The summed E-state index contributed by atoms with van der Waals surface area (Å²) in [7, 11) is 1.95. The SMILES string of the molecule is Cn1c(N2CCN(Cc3ccccn3)CC2)nc2c(F)cccc21. The van der Waals surface area contributed by atoms with Gasteiger partial charge >= 0.3 is 0 Å². The maximum atomic E-state index is 13.9. The van der Waals surface area contributed by atoms with E-state index in [1.807, 2.05) is 36.0 Å². The van der Waals surface area contributed by atoms with Gasteiger partial charge in [0.15, 0.2) is 5.82 Å². The molecule has 1 aliphatic heterocycles. The van der Waals surface area contributed by atoms with Crippen LogP contribution in [0, 0.1) is 5.82 Å². The van der Waals surface area contributed by atoms with E-state index in [-0.39, 0.29) is 5.82 Å². The van der Waals surface area contributed by atoms with Crippen molar-refractivity contribution < 1.29 is 4.39 Å². The molecule has 0 atom stereocenters. The molecule has 1 aliphatic rings. The second kappa shape index (κ2) is 6.20. The normalized spacial score (nSPS) is 16.0. The standard InChI is InChI=1S/C18H20FN5/c1-22-16-7-4-6-15(19)17(16)21-18(22)24-11-9-23(10-12-24)13-14-5-2-3-8-20-14/h2-8H,9-13H2,1H3. The smallest absolute Gasteiger partial charge is 0.206 e. The van der Waals surface area contributed by atoms with Crippen LogP contribution in [0.1, 0.15) is 5.69 Å². The summed E-state index contributed by atoms with van der Waals surface area (Å²) in [5.74, 6) is 0.579. The van der Waals surface area contributed by atoms with Crippen molar-refractivity contribution in [2.75, 3.05) is 31.1 Å². The van der Waals surface area contributed by atoms with Gasteiger partial charge < -0.3 is 9.47 Å². The number of pyridine rings is 1. The largest absolute Gasteiger partial charge is 0.340 e. The van der Waals surface area contributed by atoms with E-state index in [0.29, 0.717) is 5.52 Å². The van der Waals surface area contributed by atoms with E-state index in [1.165, 1.54) is 6.07 Å². The average Bonchev–Trinajstić information content (AvgIpc) is 2.95. The molecule has 0 amide bonds. The molecule has 0 bridgehead atoms. The maximum Gasteiger partial charge on any atom is 0.206 e. The lowest BCUT2D eigenvalue weighted by atomic mass is 10.3. The highest BCUT2D eigenvalue weighted by molar-refractivity contribution is 5.79. The van der Waals surface area contributed by atoms with Crippen molar-refractivity contribution in [3.05, 3.63) is 54.1 Å². The van der Waals surface area contributed by atoms with Gasteiger partial charge in [0, 0.05) is 46.0 Å². The predicted molar refractivity (Wildman–Crippen MR) is 92.4 cm³/mol. The molecule has 0 N–H and O–H groups in total. The van der Waals surface area contributed by atoms with Crippen molar-refractivity contribution in [3.8, 4) is 0 Å². The number of para-hydroxylation sites is 1. The van der Waals surface area contributed by atoms with E-state index >= 15 is 0 Å². The molecule has 0 unspecified atom stereocenters. The van der Waals surface area contributed by atoms with Gasteiger partial charge in [0.25, 0.3) is 0 Å². The molecule has 1 aromatic carbocycles. The van der Waals surface area contributed by atoms with Gasteiger partial charge in [-0.2, -0.15) is 0 Å². The summed E-state index contributed by atoms with van der Waals surface area (Å²) in [4.78, 5) is 13.5. The third-order valence-electron chi connectivity index (χ3n) is 4.61. The lowest BCUT2D eigenvalue weighted by molar-refractivity contribution is 0.245. The van der Waals surface area contributed by atoms with Gasteiger partial charge in [-0.1, -0.05) is 12.1 Å². The zero-order valence-corrected chi connectivity index (χ0v) is 13.7. The number of imidazole rings is 1. The van der Waals surface area contributed by atoms with E-state index in [2.05, 4.69) is 25.8 Å². The second-order valence-electron chi connectivity index (χ2n) is 6.16. The van der Waals surface area contributed by atoms with Crippen molar-refractivity contribution in [3.63, 3.8) is 0 Å². The van der Waals surface area contributed by atoms with Crippen LogP contribution in [0.25, 0.3) is 11.0 Å². The minimum Gasteiger partial charge on any atom is -0.340 e.